The Hall–Kier alpha value is -2.27. The Kier molecular flexibility index (Phi) is 5.44. The third-order valence-electron chi connectivity index (χ3n) is 4.49. The smallest absolute Gasteiger partial charge is 0.275 e. The first kappa shape index (κ1) is 19.1. The van der Waals surface area contributed by atoms with Gasteiger partial charge in [0.15, 0.2) is 0 Å². The zero-order valence-electron chi connectivity index (χ0n) is 14.6. The lowest BCUT2D eigenvalue weighted by Gasteiger charge is -2.25. The van der Waals surface area contributed by atoms with Crippen molar-refractivity contribution >= 4 is 56.4 Å². The Bertz CT molecular complexity index is 1030. The van der Waals surface area contributed by atoms with Gasteiger partial charge in [-0.3, -0.25) is 9.69 Å². The van der Waals surface area contributed by atoms with E-state index < -0.39 is 0 Å². The largest absolute Gasteiger partial charge is 0.351 e. The quantitative estimate of drug-likeness (QED) is 0.449. The summed E-state index contributed by atoms with van der Waals surface area (Å²) in [4.78, 5) is 15.0. The number of hydrogen-bond acceptors (Lipinski definition) is 2. The first-order valence-corrected chi connectivity index (χ1v) is 10.2. The molecule has 0 aliphatic carbocycles. The predicted octanol–water partition coefficient (Wildman–Crippen LogP) is 6.84. The number of carbonyl (C=O) groups is 1. The summed E-state index contributed by atoms with van der Waals surface area (Å²) >= 11 is 15.4. The highest BCUT2D eigenvalue weighted by Gasteiger charge is 2.34. The van der Waals surface area contributed by atoms with Gasteiger partial charge in [-0.2, -0.15) is 0 Å². The molecule has 1 aliphatic heterocycles. The van der Waals surface area contributed by atoms with Crippen LogP contribution in [0.25, 0.3) is 0 Å². The van der Waals surface area contributed by atoms with Crippen molar-refractivity contribution < 1.29 is 4.79 Å². The average molecular weight is 474 g/mol. The van der Waals surface area contributed by atoms with Crippen molar-refractivity contribution in [1.82, 2.24) is 0 Å². The monoisotopic (exact) mass is 472 g/mol. The van der Waals surface area contributed by atoms with Gasteiger partial charge in [-0.05, 0) is 72.3 Å². The summed E-state index contributed by atoms with van der Waals surface area (Å²) < 4.78 is 0.988. The lowest BCUT2D eigenvalue weighted by atomic mass is 10.1. The van der Waals surface area contributed by atoms with Crippen LogP contribution < -0.4 is 10.2 Å². The Morgan fingerprint density at radius 3 is 2.00 bits per heavy atom. The maximum Gasteiger partial charge on any atom is 0.275 e. The van der Waals surface area contributed by atoms with Crippen molar-refractivity contribution in [2.75, 3.05) is 10.2 Å². The van der Waals surface area contributed by atoms with Gasteiger partial charge in [-0.25, -0.2) is 0 Å². The zero-order chi connectivity index (χ0) is 19.7. The molecule has 3 nitrogen and oxygen atoms in total. The lowest BCUT2D eigenvalue weighted by molar-refractivity contribution is -0.114. The van der Waals surface area contributed by atoms with Crippen molar-refractivity contribution in [3.63, 3.8) is 0 Å². The standard InChI is InChI=1S/C22H15BrCl2N2O/c23-15-3-1-14(2-4-15)21-13-20(26-18-9-5-16(24)6-10-18)22(28)27(21)19-11-7-17(25)8-12-19/h1-13,21,26H/t21-/m1/s1. The molecular formula is C22H15BrCl2N2O. The second-order valence-electron chi connectivity index (χ2n) is 6.36. The number of amides is 1. The molecule has 1 atom stereocenters. The minimum absolute atomic E-state index is 0.106. The van der Waals surface area contributed by atoms with Crippen LogP contribution in [0.15, 0.2) is 89.0 Å². The zero-order valence-corrected chi connectivity index (χ0v) is 17.7. The highest BCUT2D eigenvalue weighted by atomic mass is 79.9. The van der Waals surface area contributed by atoms with Crippen LogP contribution in [0.2, 0.25) is 10.0 Å². The van der Waals surface area contributed by atoms with Crippen LogP contribution in [0.3, 0.4) is 0 Å². The van der Waals surface area contributed by atoms with Gasteiger partial charge < -0.3 is 5.32 Å². The van der Waals surface area contributed by atoms with E-state index in [9.17, 15) is 4.79 Å². The molecule has 0 saturated heterocycles. The van der Waals surface area contributed by atoms with Crippen molar-refractivity contribution in [2.45, 2.75) is 6.04 Å². The molecule has 0 spiro atoms. The van der Waals surface area contributed by atoms with Crippen LogP contribution in [0, 0.1) is 0 Å². The molecule has 4 rings (SSSR count). The van der Waals surface area contributed by atoms with Gasteiger partial charge >= 0.3 is 0 Å². The van der Waals surface area contributed by atoms with Crippen LogP contribution in [-0.4, -0.2) is 5.91 Å². The summed E-state index contributed by atoms with van der Waals surface area (Å²) in [5.74, 6) is -0.106. The molecule has 0 aromatic heterocycles. The number of halogens is 3. The summed E-state index contributed by atoms with van der Waals surface area (Å²) in [6, 6.07) is 22.3. The summed E-state index contributed by atoms with van der Waals surface area (Å²) in [6.07, 6.45) is 1.94. The second-order valence-corrected chi connectivity index (χ2v) is 8.15. The Morgan fingerprint density at radius 2 is 1.39 bits per heavy atom. The highest BCUT2D eigenvalue weighted by molar-refractivity contribution is 9.10. The van der Waals surface area contributed by atoms with E-state index >= 15 is 0 Å². The molecule has 3 aromatic rings. The van der Waals surface area contributed by atoms with Crippen LogP contribution in [-0.2, 0) is 4.79 Å². The summed E-state index contributed by atoms with van der Waals surface area (Å²) in [5, 5.41) is 4.49. The number of nitrogens with one attached hydrogen (secondary N) is 1. The minimum atomic E-state index is -0.225. The van der Waals surface area contributed by atoms with Crippen molar-refractivity contribution in [2.24, 2.45) is 0 Å². The molecule has 0 bridgehead atoms. The normalized spacial score (nSPS) is 16.2. The highest BCUT2D eigenvalue weighted by Crippen LogP contribution is 2.37. The van der Waals surface area contributed by atoms with E-state index in [0.717, 1.165) is 21.4 Å². The van der Waals surface area contributed by atoms with Gasteiger partial charge in [-0.1, -0.05) is 51.3 Å². The maximum absolute atomic E-state index is 13.2. The number of hydrogen-bond donors (Lipinski definition) is 1. The summed E-state index contributed by atoms with van der Waals surface area (Å²) in [7, 11) is 0. The number of carbonyl (C=O) groups excluding carboxylic acids is 1. The SMILES string of the molecule is O=C1C(Nc2ccc(Cl)cc2)=C[C@H](c2ccc(Br)cc2)N1c1ccc(Cl)cc1. The number of benzene rings is 3. The second kappa shape index (κ2) is 8.00. The van der Waals surface area contributed by atoms with Gasteiger partial charge in [0.25, 0.3) is 5.91 Å². The first-order valence-electron chi connectivity index (χ1n) is 8.60. The molecule has 0 saturated carbocycles. The third-order valence-corrected chi connectivity index (χ3v) is 5.52. The molecule has 28 heavy (non-hydrogen) atoms. The predicted molar refractivity (Wildman–Crippen MR) is 119 cm³/mol. The molecule has 1 N–H and O–H groups in total. The molecule has 140 valence electrons. The van der Waals surface area contributed by atoms with E-state index in [1.165, 1.54) is 0 Å². The van der Waals surface area contributed by atoms with Gasteiger partial charge in [0.1, 0.15) is 5.70 Å². The van der Waals surface area contributed by atoms with Crippen molar-refractivity contribution in [3.05, 3.63) is 105 Å². The molecule has 3 aromatic carbocycles. The van der Waals surface area contributed by atoms with Crippen LogP contribution >= 0.6 is 39.1 Å². The van der Waals surface area contributed by atoms with Gasteiger partial charge in [0.05, 0.1) is 6.04 Å². The molecule has 0 fully saturated rings. The molecule has 0 unspecified atom stereocenters. The molecular weight excluding hydrogens is 459 g/mol. The molecule has 0 radical (unpaired) electrons. The van der Waals surface area contributed by atoms with E-state index in [-0.39, 0.29) is 11.9 Å². The van der Waals surface area contributed by atoms with Crippen LogP contribution in [0.1, 0.15) is 11.6 Å². The third kappa shape index (κ3) is 3.95. The molecule has 1 heterocycles. The van der Waals surface area contributed by atoms with Gasteiger partial charge in [-0.15, -0.1) is 0 Å². The topological polar surface area (TPSA) is 32.3 Å². The first-order chi connectivity index (χ1) is 13.5. The molecule has 6 heteroatoms. The Morgan fingerprint density at radius 1 is 0.821 bits per heavy atom. The summed E-state index contributed by atoms with van der Waals surface area (Å²) in [6.45, 7) is 0. The number of anilines is 2. The fourth-order valence-corrected chi connectivity index (χ4v) is 3.64. The molecule has 1 amide bonds. The number of rotatable bonds is 4. The van der Waals surface area contributed by atoms with E-state index in [1.54, 1.807) is 29.2 Å². The van der Waals surface area contributed by atoms with E-state index in [1.807, 2.05) is 54.6 Å². The van der Waals surface area contributed by atoms with Crippen LogP contribution in [0.4, 0.5) is 11.4 Å². The summed E-state index contributed by atoms with van der Waals surface area (Å²) in [5.41, 5.74) is 3.12. The van der Waals surface area contributed by atoms with E-state index in [2.05, 4.69) is 21.2 Å². The minimum Gasteiger partial charge on any atom is -0.351 e. The van der Waals surface area contributed by atoms with Crippen molar-refractivity contribution in [3.8, 4) is 0 Å². The van der Waals surface area contributed by atoms with Gasteiger partial charge in [0.2, 0.25) is 0 Å². The Labute approximate surface area is 181 Å². The van der Waals surface area contributed by atoms with Crippen LogP contribution in [0.5, 0.6) is 0 Å². The van der Waals surface area contributed by atoms with E-state index in [4.69, 9.17) is 23.2 Å². The van der Waals surface area contributed by atoms with Crippen molar-refractivity contribution in [1.29, 1.82) is 0 Å². The average Bonchev–Trinajstić information content (AvgIpc) is 3.01. The Balaban J connectivity index is 1.72. The molecule has 1 aliphatic rings. The van der Waals surface area contributed by atoms with E-state index in [0.29, 0.717) is 15.7 Å². The maximum atomic E-state index is 13.2. The number of nitrogens with zero attached hydrogens (tertiary/aromatic N) is 1. The van der Waals surface area contributed by atoms with Gasteiger partial charge in [0, 0.05) is 25.9 Å². The fraction of sp³-hybridized carbons (Fsp3) is 0.0455. The lowest BCUT2D eigenvalue weighted by Crippen LogP contribution is -2.30. The fourth-order valence-electron chi connectivity index (χ4n) is 3.13.